The first-order valence-corrected chi connectivity index (χ1v) is 5.94. The van der Waals surface area contributed by atoms with Gasteiger partial charge in [-0.05, 0) is 38.0 Å². The van der Waals surface area contributed by atoms with Crippen LogP contribution in [0.5, 0.6) is 0 Å². The molecule has 3 nitrogen and oxygen atoms in total. The van der Waals surface area contributed by atoms with E-state index in [2.05, 4.69) is 9.97 Å². The molecule has 2 aliphatic rings. The molecule has 4 heteroatoms. The molecule has 3 atom stereocenters. The molecular weight excluding hydrogens is 205 g/mol. The van der Waals surface area contributed by atoms with Gasteiger partial charge in [-0.3, -0.25) is 0 Å². The van der Waals surface area contributed by atoms with Gasteiger partial charge in [0.15, 0.2) is 11.6 Å². The number of halogens is 1. The van der Waals surface area contributed by atoms with Crippen LogP contribution in [-0.4, -0.2) is 9.97 Å². The topological polar surface area (TPSA) is 51.8 Å². The summed E-state index contributed by atoms with van der Waals surface area (Å²) in [6.45, 7) is 1.66. The second-order valence-electron chi connectivity index (χ2n) is 5.15. The quantitative estimate of drug-likeness (QED) is 0.792. The van der Waals surface area contributed by atoms with Gasteiger partial charge in [0.2, 0.25) is 0 Å². The van der Waals surface area contributed by atoms with Crippen molar-refractivity contribution in [1.29, 1.82) is 0 Å². The van der Waals surface area contributed by atoms with Gasteiger partial charge in [0.05, 0.1) is 5.69 Å². The molecule has 2 fully saturated rings. The van der Waals surface area contributed by atoms with Crippen LogP contribution in [0.25, 0.3) is 0 Å². The minimum absolute atomic E-state index is 0.00488. The summed E-state index contributed by atoms with van der Waals surface area (Å²) in [6, 6.07) is 0. The van der Waals surface area contributed by atoms with Crippen molar-refractivity contribution in [3.05, 3.63) is 17.3 Å². The molecule has 0 spiro atoms. The Bertz CT molecular complexity index is 409. The fourth-order valence-corrected chi connectivity index (χ4v) is 3.33. The smallest absolute Gasteiger partial charge is 0.186 e. The number of nitrogens with two attached hydrogens (primary N) is 1. The largest absolute Gasteiger partial charge is 0.381 e. The molecule has 86 valence electrons. The van der Waals surface area contributed by atoms with E-state index in [1.807, 2.05) is 0 Å². The predicted octanol–water partition coefficient (Wildman–Crippen LogP) is 2.41. The van der Waals surface area contributed by atoms with Gasteiger partial charge in [-0.2, -0.15) is 0 Å². The van der Waals surface area contributed by atoms with Crippen LogP contribution in [0.4, 0.5) is 10.2 Å². The van der Waals surface area contributed by atoms with Crippen LogP contribution in [0, 0.1) is 24.6 Å². The highest BCUT2D eigenvalue weighted by Crippen LogP contribution is 2.52. The minimum atomic E-state index is -0.466. The molecule has 2 saturated carbocycles. The van der Waals surface area contributed by atoms with Crippen LogP contribution in [-0.2, 0) is 0 Å². The zero-order valence-electron chi connectivity index (χ0n) is 9.41. The van der Waals surface area contributed by atoms with E-state index in [1.54, 1.807) is 6.92 Å². The van der Waals surface area contributed by atoms with E-state index in [9.17, 15) is 4.39 Å². The van der Waals surface area contributed by atoms with Gasteiger partial charge in [-0.15, -0.1) is 0 Å². The predicted molar refractivity (Wildman–Crippen MR) is 59.3 cm³/mol. The van der Waals surface area contributed by atoms with Crippen molar-refractivity contribution >= 4 is 5.82 Å². The standard InChI is InChI=1S/C12H16FN3/c1-6-10(13)11(14)16-12(15-6)9-5-7-2-3-8(9)4-7/h7-9H,2-5H2,1H3,(H2,14,15,16). The van der Waals surface area contributed by atoms with Crippen LogP contribution >= 0.6 is 0 Å². The first kappa shape index (κ1) is 10.00. The number of hydrogen-bond donors (Lipinski definition) is 1. The van der Waals surface area contributed by atoms with Gasteiger partial charge in [-0.25, -0.2) is 14.4 Å². The molecular formula is C12H16FN3. The first-order valence-electron chi connectivity index (χ1n) is 5.94. The zero-order chi connectivity index (χ0) is 11.3. The Hall–Kier alpha value is -1.19. The number of rotatable bonds is 1. The third kappa shape index (κ3) is 1.39. The second-order valence-corrected chi connectivity index (χ2v) is 5.15. The van der Waals surface area contributed by atoms with Crippen molar-refractivity contribution in [3.8, 4) is 0 Å². The molecule has 0 aliphatic heterocycles. The average Bonchev–Trinajstić information content (AvgIpc) is 2.86. The summed E-state index contributed by atoms with van der Waals surface area (Å²) in [5, 5.41) is 0. The number of aromatic nitrogens is 2. The molecule has 1 aromatic heterocycles. The third-order valence-electron chi connectivity index (χ3n) is 4.13. The fourth-order valence-electron chi connectivity index (χ4n) is 3.33. The Kier molecular flexibility index (Phi) is 2.13. The number of hydrogen-bond acceptors (Lipinski definition) is 3. The molecule has 1 aromatic rings. The summed E-state index contributed by atoms with van der Waals surface area (Å²) in [5.41, 5.74) is 5.94. The lowest BCUT2D eigenvalue weighted by molar-refractivity contribution is 0.403. The van der Waals surface area contributed by atoms with E-state index in [-0.39, 0.29) is 5.82 Å². The number of fused-ring (bicyclic) bond motifs is 2. The molecule has 0 amide bonds. The Morgan fingerprint density at radius 3 is 2.62 bits per heavy atom. The summed E-state index contributed by atoms with van der Waals surface area (Å²) < 4.78 is 13.3. The summed E-state index contributed by atoms with van der Waals surface area (Å²) in [7, 11) is 0. The van der Waals surface area contributed by atoms with Gasteiger partial charge >= 0.3 is 0 Å². The highest BCUT2D eigenvalue weighted by Gasteiger charge is 2.41. The number of aryl methyl sites for hydroxylation is 1. The van der Waals surface area contributed by atoms with Crippen LogP contribution in [0.15, 0.2) is 0 Å². The van der Waals surface area contributed by atoms with Gasteiger partial charge in [0.25, 0.3) is 0 Å². The number of nitrogens with zero attached hydrogens (tertiary/aromatic N) is 2. The summed E-state index contributed by atoms with van der Waals surface area (Å²) in [4.78, 5) is 8.39. The summed E-state index contributed by atoms with van der Waals surface area (Å²) >= 11 is 0. The van der Waals surface area contributed by atoms with Gasteiger partial charge < -0.3 is 5.73 Å². The Morgan fingerprint density at radius 2 is 2.06 bits per heavy atom. The van der Waals surface area contributed by atoms with Crippen molar-refractivity contribution in [1.82, 2.24) is 9.97 Å². The van der Waals surface area contributed by atoms with Crippen molar-refractivity contribution in [2.75, 3.05) is 5.73 Å². The lowest BCUT2D eigenvalue weighted by atomic mass is 9.88. The summed E-state index contributed by atoms with van der Waals surface area (Å²) in [6.07, 6.45) is 5.07. The maximum absolute atomic E-state index is 13.3. The lowest BCUT2D eigenvalue weighted by Crippen LogP contribution is -2.15. The lowest BCUT2D eigenvalue weighted by Gasteiger charge is -2.20. The molecule has 1 heterocycles. The van der Waals surface area contributed by atoms with E-state index >= 15 is 0 Å². The molecule has 2 aliphatic carbocycles. The molecule has 0 aromatic carbocycles. The molecule has 2 N–H and O–H groups in total. The van der Waals surface area contributed by atoms with Crippen molar-refractivity contribution < 1.29 is 4.39 Å². The summed E-state index contributed by atoms with van der Waals surface area (Å²) in [5.74, 6) is 2.26. The first-order chi connectivity index (χ1) is 7.65. The molecule has 0 saturated heterocycles. The maximum atomic E-state index is 13.3. The van der Waals surface area contributed by atoms with Crippen LogP contribution in [0.1, 0.15) is 43.1 Å². The fraction of sp³-hybridized carbons (Fsp3) is 0.667. The Labute approximate surface area is 94.3 Å². The normalized spacial score (nSPS) is 32.2. The van der Waals surface area contributed by atoms with Gasteiger partial charge in [0, 0.05) is 5.92 Å². The number of nitrogen functional groups attached to an aromatic ring is 1. The molecule has 0 radical (unpaired) electrons. The minimum Gasteiger partial charge on any atom is -0.381 e. The van der Waals surface area contributed by atoms with E-state index in [0.29, 0.717) is 17.5 Å². The van der Waals surface area contributed by atoms with Gasteiger partial charge in [-0.1, -0.05) is 6.42 Å². The highest BCUT2D eigenvalue weighted by atomic mass is 19.1. The monoisotopic (exact) mass is 221 g/mol. The SMILES string of the molecule is Cc1nc(C2CC3CCC2C3)nc(N)c1F. The van der Waals surface area contributed by atoms with Gasteiger partial charge in [0.1, 0.15) is 5.82 Å². The Morgan fingerprint density at radius 1 is 1.25 bits per heavy atom. The molecule has 3 unspecified atom stereocenters. The molecule has 2 bridgehead atoms. The van der Waals surface area contributed by atoms with E-state index < -0.39 is 5.82 Å². The number of anilines is 1. The van der Waals surface area contributed by atoms with Crippen LogP contribution in [0.3, 0.4) is 0 Å². The van der Waals surface area contributed by atoms with Crippen LogP contribution < -0.4 is 5.73 Å². The molecule has 3 rings (SSSR count). The van der Waals surface area contributed by atoms with Crippen molar-refractivity contribution in [2.45, 2.75) is 38.5 Å². The van der Waals surface area contributed by atoms with E-state index in [1.165, 1.54) is 19.3 Å². The van der Waals surface area contributed by atoms with Crippen LogP contribution in [0.2, 0.25) is 0 Å². The Balaban J connectivity index is 1.95. The average molecular weight is 221 g/mol. The van der Waals surface area contributed by atoms with E-state index in [4.69, 9.17) is 5.73 Å². The van der Waals surface area contributed by atoms with E-state index in [0.717, 1.165) is 18.2 Å². The van der Waals surface area contributed by atoms with Crippen molar-refractivity contribution in [3.63, 3.8) is 0 Å². The third-order valence-corrected chi connectivity index (χ3v) is 4.13. The highest BCUT2D eigenvalue weighted by molar-refractivity contribution is 5.33. The molecule has 16 heavy (non-hydrogen) atoms. The maximum Gasteiger partial charge on any atom is 0.186 e. The second kappa shape index (κ2) is 3.40. The van der Waals surface area contributed by atoms with Crippen molar-refractivity contribution in [2.24, 2.45) is 11.8 Å². The zero-order valence-corrected chi connectivity index (χ0v) is 9.41.